The predicted molar refractivity (Wildman–Crippen MR) is 111 cm³/mol. The Labute approximate surface area is 169 Å². The Morgan fingerprint density at radius 1 is 1.14 bits per heavy atom. The van der Waals surface area contributed by atoms with Gasteiger partial charge in [0, 0.05) is 31.7 Å². The fraction of sp³-hybridized carbons (Fsp3) is 0.429. The Bertz CT molecular complexity index is 990. The van der Waals surface area contributed by atoms with Gasteiger partial charge < -0.3 is 19.5 Å². The summed E-state index contributed by atoms with van der Waals surface area (Å²) in [4.78, 5) is 27.7. The molecule has 29 heavy (non-hydrogen) atoms. The van der Waals surface area contributed by atoms with Gasteiger partial charge in [-0.2, -0.15) is 0 Å². The number of rotatable bonds is 5. The van der Waals surface area contributed by atoms with Crippen molar-refractivity contribution < 1.29 is 9.53 Å². The van der Waals surface area contributed by atoms with Crippen molar-refractivity contribution in [1.82, 2.24) is 24.4 Å². The summed E-state index contributed by atoms with van der Waals surface area (Å²) in [5, 5.41) is 3.33. The minimum Gasteiger partial charge on any atom is -0.372 e. The molecule has 3 aromatic rings. The van der Waals surface area contributed by atoms with Gasteiger partial charge in [0.1, 0.15) is 11.8 Å². The molecule has 0 spiro atoms. The standard InChI is InChI=1S/C21H26N6O2/c1-4-26-13-25-18-19(23-12-24-20(18)26)22-9-16-5-7-17(8-6-16)21(28)27-10-14(2)29-15(3)11-27/h5-8,12-15H,4,9-11H2,1-3H3,(H,22,23,24). The van der Waals surface area contributed by atoms with Crippen LogP contribution in [-0.4, -0.2) is 55.6 Å². The summed E-state index contributed by atoms with van der Waals surface area (Å²) in [5.74, 6) is 0.757. The lowest BCUT2D eigenvalue weighted by Gasteiger charge is -2.35. The second-order valence-corrected chi connectivity index (χ2v) is 7.44. The maximum absolute atomic E-state index is 12.8. The Hall–Kier alpha value is -3.00. The number of morpholine rings is 1. The number of carbonyl (C=O) groups is 1. The van der Waals surface area contributed by atoms with E-state index in [-0.39, 0.29) is 18.1 Å². The third-order valence-corrected chi connectivity index (χ3v) is 5.11. The number of hydrogen-bond acceptors (Lipinski definition) is 6. The van der Waals surface area contributed by atoms with Crippen LogP contribution in [0.25, 0.3) is 11.2 Å². The van der Waals surface area contributed by atoms with Gasteiger partial charge in [0.2, 0.25) is 0 Å². The molecule has 152 valence electrons. The molecule has 0 radical (unpaired) electrons. The molecule has 1 fully saturated rings. The zero-order valence-electron chi connectivity index (χ0n) is 17.0. The molecule has 1 aliphatic heterocycles. The van der Waals surface area contributed by atoms with Crippen molar-refractivity contribution in [2.24, 2.45) is 0 Å². The number of nitrogens with zero attached hydrogens (tertiary/aromatic N) is 5. The van der Waals surface area contributed by atoms with Crippen molar-refractivity contribution in [1.29, 1.82) is 0 Å². The van der Waals surface area contributed by atoms with Crippen LogP contribution >= 0.6 is 0 Å². The van der Waals surface area contributed by atoms with Crippen molar-refractivity contribution in [3.63, 3.8) is 0 Å². The lowest BCUT2D eigenvalue weighted by Crippen LogP contribution is -2.48. The lowest BCUT2D eigenvalue weighted by molar-refractivity contribution is -0.0586. The van der Waals surface area contributed by atoms with E-state index in [9.17, 15) is 4.79 Å². The summed E-state index contributed by atoms with van der Waals surface area (Å²) >= 11 is 0. The SMILES string of the molecule is CCn1cnc2c(NCc3ccc(C(=O)N4CC(C)OC(C)C4)cc3)ncnc21. The Morgan fingerprint density at radius 2 is 1.86 bits per heavy atom. The average molecular weight is 394 g/mol. The summed E-state index contributed by atoms with van der Waals surface area (Å²) < 4.78 is 7.70. The van der Waals surface area contributed by atoms with Crippen LogP contribution in [-0.2, 0) is 17.8 Å². The monoisotopic (exact) mass is 394 g/mol. The van der Waals surface area contributed by atoms with Gasteiger partial charge in [-0.3, -0.25) is 4.79 Å². The molecule has 0 bridgehead atoms. The molecular formula is C21H26N6O2. The van der Waals surface area contributed by atoms with Crippen LogP contribution in [0.15, 0.2) is 36.9 Å². The minimum atomic E-state index is 0.0501. The number of ether oxygens (including phenoxy) is 1. The highest BCUT2D eigenvalue weighted by atomic mass is 16.5. The van der Waals surface area contributed by atoms with E-state index in [1.807, 2.05) is 47.6 Å². The van der Waals surface area contributed by atoms with Gasteiger partial charge in [-0.1, -0.05) is 12.1 Å². The molecule has 1 aliphatic rings. The van der Waals surface area contributed by atoms with E-state index in [0.29, 0.717) is 31.0 Å². The van der Waals surface area contributed by atoms with Crippen LogP contribution in [0, 0.1) is 0 Å². The molecule has 1 amide bonds. The number of benzene rings is 1. The molecule has 3 heterocycles. The lowest BCUT2D eigenvalue weighted by atomic mass is 10.1. The highest BCUT2D eigenvalue weighted by Crippen LogP contribution is 2.19. The zero-order chi connectivity index (χ0) is 20.4. The molecule has 1 saturated heterocycles. The molecule has 2 unspecified atom stereocenters. The Morgan fingerprint density at radius 3 is 2.55 bits per heavy atom. The summed E-state index contributed by atoms with van der Waals surface area (Å²) in [6.07, 6.45) is 3.45. The van der Waals surface area contributed by atoms with Crippen LogP contribution in [0.3, 0.4) is 0 Å². The fourth-order valence-corrected chi connectivity index (χ4v) is 3.72. The number of anilines is 1. The Balaban J connectivity index is 1.42. The molecule has 8 nitrogen and oxygen atoms in total. The smallest absolute Gasteiger partial charge is 0.254 e. The van der Waals surface area contributed by atoms with Crippen molar-refractivity contribution in [3.05, 3.63) is 48.0 Å². The van der Waals surface area contributed by atoms with Crippen LogP contribution in [0.2, 0.25) is 0 Å². The molecule has 1 aromatic carbocycles. The van der Waals surface area contributed by atoms with Gasteiger partial charge in [0.25, 0.3) is 5.91 Å². The molecule has 0 aliphatic carbocycles. The quantitative estimate of drug-likeness (QED) is 0.716. The Kier molecular flexibility index (Phi) is 5.44. The van der Waals surface area contributed by atoms with Gasteiger partial charge in [0.15, 0.2) is 11.5 Å². The molecular weight excluding hydrogens is 368 g/mol. The first kappa shape index (κ1) is 19.3. The molecule has 2 aromatic heterocycles. The second-order valence-electron chi connectivity index (χ2n) is 7.44. The van der Waals surface area contributed by atoms with Crippen LogP contribution in [0.1, 0.15) is 36.7 Å². The van der Waals surface area contributed by atoms with Gasteiger partial charge >= 0.3 is 0 Å². The van der Waals surface area contributed by atoms with Crippen molar-refractivity contribution >= 4 is 22.9 Å². The van der Waals surface area contributed by atoms with Crippen molar-refractivity contribution in [3.8, 4) is 0 Å². The predicted octanol–water partition coefficient (Wildman–Crippen LogP) is 2.71. The van der Waals surface area contributed by atoms with E-state index >= 15 is 0 Å². The largest absolute Gasteiger partial charge is 0.372 e. The molecule has 4 rings (SSSR count). The van der Waals surface area contributed by atoms with Crippen molar-refractivity contribution in [2.75, 3.05) is 18.4 Å². The number of hydrogen-bond donors (Lipinski definition) is 1. The summed E-state index contributed by atoms with van der Waals surface area (Å²) in [6, 6.07) is 7.70. The number of aromatic nitrogens is 4. The molecule has 0 saturated carbocycles. The fourth-order valence-electron chi connectivity index (χ4n) is 3.72. The number of imidazole rings is 1. The number of carbonyl (C=O) groups excluding carboxylic acids is 1. The maximum atomic E-state index is 12.8. The molecule has 2 atom stereocenters. The zero-order valence-corrected chi connectivity index (χ0v) is 17.0. The van der Waals surface area contributed by atoms with Gasteiger partial charge in [-0.25, -0.2) is 15.0 Å². The number of fused-ring (bicyclic) bond motifs is 1. The highest BCUT2D eigenvalue weighted by Gasteiger charge is 2.26. The van der Waals surface area contributed by atoms with E-state index in [2.05, 4.69) is 27.2 Å². The minimum absolute atomic E-state index is 0.0501. The third kappa shape index (κ3) is 4.07. The van der Waals surface area contributed by atoms with E-state index in [0.717, 1.165) is 23.3 Å². The van der Waals surface area contributed by atoms with Crippen LogP contribution in [0.4, 0.5) is 5.82 Å². The average Bonchev–Trinajstić information content (AvgIpc) is 3.15. The van der Waals surface area contributed by atoms with E-state index < -0.39 is 0 Å². The number of amides is 1. The highest BCUT2D eigenvalue weighted by molar-refractivity contribution is 5.94. The summed E-state index contributed by atoms with van der Waals surface area (Å²) in [6.45, 7) is 8.70. The molecule has 1 N–H and O–H groups in total. The topological polar surface area (TPSA) is 85.2 Å². The third-order valence-electron chi connectivity index (χ3n) is 5.11. The number of nitrogens with one attached hydrogen (secondary N) is 1. The summed E-state index contributed by atoms with van der Waals surface area (Å²) in [7, 11) is 0. The molecule has 8 heteroatoms. The van der Waals surface area contributed by atoms with E-state index in [1.54, 1.807) is 12.7 Å². The normalized spacial score (nSPS) is 19.5. The number of aryl methyl sites for hydroxylation is 1. The van der Waals surface area contributed by atoms with Crippen LogP contribution in [0.5, 0.6) is 0 Å². The van der Waals surface area contributed by atoms with Gasteiger partial charge in [-0.15, -0.1) is 0 Å². The van der Waals surface area contributed by atoms with Gasteiger partial charge in [0.05, 0.1) is 18.5 Å². The van der Waals surface area contributed by atoms with Gasteiger partial charge in [-0.05, 0) is 38.5 Å². The van der Waals surface area contributed by atoms with Crippen LogP contribution < -0.4 is 5.32 Å². The first-order valence-corrected chi connectivity index (χ1v) is 9.98. The van der Waals surface area contributed by atoms with E-state index in [4.69, 9.17) is 4.74 Å². The summed E-state index contributed by atoms with van der Waals surface area (Å²) in [5.41, 5.74) is 3.34. The van der Waals surface area contributed by atoms with E-state index in [1.165, 1.54) is 0 Å². The first-order valence-electron chi connectivity index (χ1n) is 9.98. The second kappa shape index (κ2) is 8.16. The first-order chi connectivity index (χ1) is 14.0. The maximum Gasteiger partial charge on any atom is 0.254 e. The van der Waals surface area contributed by atoms with Crippen molar-refractivity contribution in [2.45, 2.75) is 46.1 Å².